The third kappa shape index (κ3) is 3.40. The van der Waals surface area contributed by atoms with Gasteiger partial charge in [-0.3, -0.25) is 4.79 Å². The van der Waals surface area contributed by atoms with Gasteiger partial charge in [0.1, 0.15) is 17.2 Å². The van der Waals surface area contributed by atoms with Crippen LogP contribution in [0.5, 0.6) is 0 Å². The largest absolute Gasteiger partial charge is 0.460 e. The van der Waals surface area contributed by atoms with Gasteiger partial charge in [0.15, 0.2) is 0 Å². The zero-order valence-electron chi connectivity index (χ0n) is 14.9. The summed E-state index contributed by atoms with van der Waals surface area (Å²) in [6.07, 6.45) is 2.32. The summed E-state index contributed by atoms with van der Waals surface area (Å²) >= 11 is 0. The van der Waals surface area contributed by atoms with E-state index in [-0.39, 0.29) is 5.91 Å². The van der Waals surface area contributed by atoms with Crippen LogP contribution >= 0.6 is 0 Å². The van der Waals surface area contributed by atoms with Gasteiger partial charge >= 0.3 is 0 Å². The summed E-state index contributed by atoms with van der Waals surface area (Å²) in [6.45, 7) is 2.02. The molecule has 5 heteroatoms. The smallest absolute Gasteiger partial charge is 0.288 e. The number of carbonyl (C=O) groups excluding carboxylic acids is 1. The van der Waals surface area contributed by atoms with Gasteiger partial charge in [0.2, 0.25) is 0 Å². The Morgan fingerprint density at radius 1 is 1.07 bits per heavy atom. The number of nitrogens with zero attached hydrogens (tertiary/aromatic N) is 1. The second kappa shape index (κ2) is 7.33. The number of nitrogens with one attached hydrogen (secondary N) is 2. The zero-order chi connectivity index (χ0) is 18.6. The molecule has 0 radical (unpaired) electrons. The van der Waals surface area contributed by atoms with Crippen molar-refractivity contribution in [3.05, 3.63) is 83.9 Å². The molecule has 134 valence electrons. The minimum Gasteiger partial charge on any atom is -0.460 e. The van der Waals surface area contributed by atoms with Crippen LogP contribution in [0.25, 0.3) is 22.0 Å². The van der Waals surface area contributed by atoms with E-state index in [1.807, 2.05) is 73.7 Å². The first-order valence-corrected chi connectivity index (χ1v) is 8.84. The summed E-state index contributed by atoms with van der Waals surface area (Å²) < 4.78 is 5.55. The fourth-order valence-corrected chi connectivity index (χ4v) is 3.08. The Morgan fingerprint density at radius 3 is 2.63 bits per heavy atom. The van der Waals surface area contributed by atoms with E-state index in [1.54, 1.807) is 0 Å². The van der Waals surface area contributed by atoms with E-state index in [9.17, 15) is 4.79 Å². The second-order valence-corrected chi connectivity index (χ2v) is 6.14. The molecule has 0 aliphatic rings. The number of amides is 1. The lowest BCUT2D eigenvalue weighted by molar-refractivity contribution is 0.0951. The van der Waals surface area contributed by atoms with Crippen LogP contribution in [-0.4, -0.2) is 17.1 Å². The molecule has 0 bridgehead atoms. The number of furan rings is 1. The van der Waals surface area contributed by atoms with Gasteiger partial charge in [-0.15, -0.1) is 0 Å². The van der Waals surface area contributed by atoms with Crippen LogP contribution in [0.2, 0.25) is 0 Å². The lowest BCUT2D eigenvalue weighted by atomic mass is 10.0. The van der Waals surface area contributed by atoms with Crippen LogP contribution in [0.15, 0.2) is 76.2 Å². The lowest BCUT2D eigenvalue weighted by Crippen LogP contribution is -2.18. The van der Waals surface area contributed by atoms with Gasteiger partial charge < -0.3 is 9.40 Å². The fraction of sp³-hybridized carbons (Fsp3) is 0.0909. The van der Waals surface area contributed by atoms with E-state index in [2.05, 4.69) is 15.5 Å². The van der Waals surface area contributed by atoms with Crippen molar-refractivity contribution in [3.63, 3.8) is 0 Å². The molecule has 27 heavy (non-hydrogen) atoms. The summed E-state index contributed by atoms with van der Waals surface area (Å²) in [5.41, 5.74) is 5.81. The molecule has 0 saturated carbocycles. The molecule has 2 aromatic carbocycles. The van der Waals surface area contributed by atoms with Gasteiger partial charge in [0, 0.05) is 22.9 Å². The number of benzene rings is 2. The maximum atomic E-state index is 12.8. The van der Waals surface area contributed by atoms with Crippen LogP contribution < -0.4 is 5.43 Å². The quantitative estimate of drug-likeness (QED) is 0.399. The number of hydrogen-bond donors (Lipinski definition) is 2. The van der Waals surface area contributed by atoms with Crippen molar-refractivity contribution in [1.29, 1.82) is 0 Å². The first-order valence-electron chi connectivity index (χ1n) is 8.84. The lowest BCUT2D eigenvalue weighted by Gasteiger charge is -2.04. The summed E-state index contributed by atoms with van der Waals surface area (Å²) in [5.74, 6) is 1.18. The summed E-state index contributed by atoms with van der Waals surface area (Å²) in [7, 11) is 0. The Balaban J connectivity index is 1.65. The molecule has 2 N–H and O–H groups in total. The molecule has 0 aliphatic heterocycles. The Kier molecular flexibility index (Phi) is 4.58. The van der Waals surface area contributed by atoms with Crippen molar-refractivity contribution in [2.75, 3.05) is 0 Å². The summed E-state index contributed by atoms with van der Waals surface area (Å²) in [5, 5.41) is 5.03. The zero-order valence-corrected chi connectivity index (χ0v) is 14.9. The molecule has 1 amide bonds. The van der Waals surface area contributed by atoms with Gasteiger partial charge in [-0.2, -0.15) is 5.10 Å². The highest BCUT2D eigenvalue weighted by molar-refractivity contribution is 6.09. The number of fused-ring (bicyclic) bond motifs is 1. The average Bonchev–Trinajstić information content (AvgIpc) is 3.33. The Labute approximate surface area is 156 Å². The van der Waals surface area contributed by atoms with Crippen molar-refractivity contribution in [2.45, 2.75) is 13.3 Å². The molecule has 0 spiro atoms. The predicted octanol–water partition coefficient (Wildman–Crippen LogP) is 4.75. The SMILES string of the molecule is CCc1ccc(C=NNC(=O)c2[nH]c3ccccc3c2-c2ccccc2)o1. The predicted molar refractivity (Wildman–Crippen MR) is 107 cm³/mol. The number of aromatic nitrogens is 1. The first kappa shape index (κ1) is 16.8. The number of rotatable bonds is 5. The van der Waals surface area contributed by atoms with Gasteiger partial charge in [-0.05, 0) is 23.8 Å². The highest BCUT2D eigenvalue weighted by Crippen LogP contribution is 2.32. The van der Waals surface area contributed by atoms with Crippen molar-refractivity contribution >= 4 is 23.0 Å². The van der Waals surface area contributed by atoms with E-state index in [0.29, 0.717) is 11.5 Å². The molecule has 2 aromatic heterocycles. The van der Waals surface area contributed by atoms with Crippen molar-refractivity contribution in [2.24, 2.45) is 5.10 Å². The van der Waals surface area contributed by atoms with Gasteiger partial charge in [-0.25, -0.2) is 5.43 Å². The molecule has 0 aliphatic carbocycles. The molecule has 4 rings (SSSR count). The molecule has 2 heterocycles. The van der Waals surface area contributed by atoms with Crippen molar-refractivity contribution in [3.8, 4) is 11.1 Å². The normalized spacial score (nSPS) is 11.3. The van der Waals surface area contributed by atoms with Crippen LogP contribution in [0.3, 0.4) is 0 Å². The number of H-pyrrole nitrogens is 1. The van der Waals surface area contributed by atoms with Crippen molar-refractivity contribution in [1.82, 2.24) is 10.4 Å². The van der Waals surface area contributed by atoms with Gasteiger partial charge in [0.05, 0.1) is 6.21 Å². The number of para-hydroxylation sites is 1. The van der Waals surface area contributed by atoms with E-state index in [4.69, 9.17) is 4.42 Å². The molecule has 0 saturated heterocycles. The minimum absolute atomic E-state index is 0.302. The number of hydrogen-bond acceptors (Lipinski definition) is 3. The molecule has 0 fully saturated rings. The number of carbonyl (C=O) groups is 1. The maximum absolute atomic E-state index is 12.8. The fourth-order valence-electron chi connectivity index (χ4n) is 3.08. The number of aromatic amines is 1. The number of hydrazone groups is 1. The first-order chi connectivity index (χ1) is 13.3. The highest BCUT2D eigenvalue weighted by Gasteiger charge is 2.18. The van der Waals surface area contributed by atoms with Crippen LogP contribution in [0.4, 0.5) is 0 Å². The molecular formula is C22H19N3O2. The highest BCUT2D eigenvalue weighted by atomic mass is 16.3. The molecule has 0 unspecified atom stereocenters. The molecule has 4 aromatic rings. The van der Waals surface area contributed by atoms with E-state index < -0.39 is 0 Å². The Bertz CT molecular complexity index is 1110. The minimum atomic E-state index is -0.302. The number of aryl methyl sites for hydroxylation is 1. The molecule has 5 nitrogen and oxygen atoms in total. The third-order valence-corrected chi connectivity index (χ3v) is 4.38. The Hall–Kier alpha value is -3.60. The van der Waals surface area contributed by atoms with E-state index >= 15 is 0 Å². The standard InChI is InChI=1S/C22H19N3O2/c1-2-16-12-13-17(27-16)14-23-25-22(26)21-20(15-8-4-3-5-9-15)18-10-6-7-11-19(18)24-21/h3-14,24H,2H2,1H3,(H,25,26). The maximum Gasteiger partial charge on any atom is 0.288 e. The van der Waals surface area contributed by atoms with E-state index in [1.165, 1.54) is 6.21 Å². The summed E-state index contributed by atoms with van der Waals surface area (Å²) in [4.78, 5) is 16.0. The van der Waals surface area contributed by atoms with E-state index in [0.717, 1.165) is 34.2 Å². The third-order valence-electron chi connectivity index (χ3n) is 4.38. The van der Waals surface area contributed by atoms with Crippen LogP contribution in [0, 0.1) is 0 Å². The average molecular weight is 357 g/mol. The van der Waals surface area contributed by atoms with Gasteiger partial charge in [-0.1, -0.05) is 55.5 Å². The summed E-state index contributed by atoms with van der Waals surface area (Å²) in [6, 6.07) is 21.4. The monoisotopic (exact) mass is 357 g/mol. The van der Waals surface area contributed by atoms with Gasteiger partial charge in [0.25, 0.3) is 5.91 Å². The molecule has 0 atom stereocenters. The Morgan fingerprint density at radius 2 is 1.85 bits per heavy atom. The second-order valence-electron chi connectivity index (χ2n) is 6.14. The molecular weight excluding hydrogens is 338 g/mol. The van der Waals surface area contributed by atoms with Crippen LogP contribution in [-0.2, 0) is 6.42 Å². The topological polar surface area (TPSA) is 70.4 Å². The van der Waals surface area contributed by atoms with Crippen LogP contribution in [0.1, 0.15) is 28.9 Å². The van der Waals surface area contributed by atoms with Crippen molar-refractivity contribution < 1.29 is 9.21 Å².